The minimum atomic E-state index is -0.684. The zero-order chi connectivity index (χ0) is 18.5. The molecule has 0 spiro atoms. The maximum Gasteiger partial charge on any atom is 0.248 e. The molecule has 1 unspecified atom stereocenters. The van der Waals surface area contributed by atoms with E-state index >= 15 is 0 Å². The van der Waals surface area contributed by atoms with E-state index in [1.54, 1.807) is 20.1 Å². The van der Waals surface area contributed by atoms with Gasteiger partial charge in [0, 0.05) is 12.0 Å². The van der Waals surface area contributed by atoms with Crippen LogP contribution in [-0.2, 0) is 9.59 Å². The van der Waals surface area contributed by atoms with Crippen LogP contribution in [0.2, 0.25) is 0 Å². The van der Waals surface area contributed by atoms with Crippen LogP contribution in [0.25, 0.3) is 6.08 Å². The van der Waals surface area contributed by atoms with Gasteiger partial charge in [0.2, 0.25) is 16.9 Å². The minimum absolute atomic E-state index is 0.324. The normalized spacial score (nSPS) is 14.8. The van der Waals surface area contributed by atoms with Crippen LogP contribution in [0.1, 0.15) is 36.3 Å². The van der Waals surface area contributed by atoms with Crippen LogP contribution in [0.3, 0.4) is 0 Å². The highest BCUT2D eigenvalue weighted by atomic mass is 32.1. The second-order valence-electron chi connectivity index (χ2n) is 6.05. The van der Waals surface area contributed by atoms with Crippen LogP contribution in [-0.4, -0.2) is 35.2 Å². The van der Waals surface area contributed by atoms with Crippen LogP contribution in [0.4, 0.5) is 5.13 Å². The summed E-state index contributed by atoms with van der Waals surface area (Å²) in [5, 5.41) is 14.8. The summed E-state index contributed by atoms with van der Waals surface area (Å²) in [6.45, 7) is 1.62. The number of nitrogens with one attached hydrogen (secondary N) is 2. The molecule has 3 rings (SSSR count). The van der Waals surface area contributed by atoms with Crippen molar-refractivity contribution in [3.63, 3.8) is 0 Å². The van der Waals surface area contributed by atoms with Gasteiger partial charge in [-0.15, -0.1) is 10.2 Å². The van der Waals surface area contributed by atoms with Crippen molar-refractivity contribution in [2.24, 2.45) is 0 Å². The number of hydrogen-bond acceptors (Lipinski definition) is 6. The molecular formula is C18H20N4O3S. The molecule has 8 heteroatoms. The molecule has 136 valence electrons. The van der Waals surface area contributed by atoms with Gasteiger partial charge in [-0.3, -0.25) is 14.9 Å². The van der Waals surface area contributed by atoms with Crippen LogP contribution >= 0.6 is 11.3 Å². The molecule has 0 saturated heterocycles. The summed E-state index contributed by atoms with van der Waals surface area (Å²) in [5.74, 6) is 0.575. The summed E-state index contributed by atoms with van der Waals surface area (Å²) in [7, 11) is 1.60. The molecule has 1 aliphatic carbocycles. The molecule has 1 aromatic carbocycles. The van der Waals surface area contributed by atoms with Crippen molar-refractivity contribution < 1.29 is 14.3 Å². The van der Waals surface area contributed by atoms with Gasteiger partial charge in [0.25, 0.3) is 0 Å². The Kier molecular flexibility index (Phi) is 5.62. The third kappa shape index (κ3) is 4.89. The molecular weight excluding hydrogens is 352 g/mol. The number of benzene rings is 1. The molecule has 2 aromatic rings. The number of carbonyl (C=O) groups is 2. The number of carbonyl (C=O) groups excluding carboxylic acids is 2. The molecule has 1 aliphatic rings. The zero-order valence-electron chi connectivity index (χ0n) is 14.6. The number of rotatable bonds is 7. The maximum absolute atomic E-state index is 12.2. The molecule has 7 nitrogen and oxygen atoms in total. The highest BCUT2D eigenvalue weighted by molar-refractivity contribution is 7.15. The SMILES string of the molecule is COc1ccc(/C=C/C(=O)NC(C)C(=O)Nc2nnc(C3CC3)s2)cc1. The number of nitrogens with zero attached hydrogens (tertiary/aromatic N) is 2. The van der Waals surface area contributed by atoms with E-state index in [1.165, 1.54) is 17.4 Å². The molecule has 2 N–H and O–H groups in total. The van der Waals surface area contributed by atoms with Gasteiger partial charge in [0.05, 0.1) is 7.11 Å². The largest absolute Gasteiger partial charge is 0.497 e. The van der Waals surface area contributed by atoms with E-state index < -0.39 is 6.04 Å². The number of anilines is 1. The summed E-state index contributed by atoms with van der Waals surface area (Å²) < 4.78 is 5.08. The van der Waals surface area contributed by atoms with Crippen molar-refractivity contribution in [3.8, 4) is 5.75 Å². The summed E-state index contributed by atoms with van der Waals surface area (Å²) >= 11 is 1.39. The lowest BCUT2D eigenvalue weighted by Crippen LogP contribution is -2.40. The lowest BCUT2D eigenvalue weighted by atomic mass is 10.2. The van der Waals surface area contributed by atoms with Crippen LogP contribution in [0.15, 0.2) is 30.3 Å². The van der Waals surface area contributed by atoms with E-state index in [2.05, 4.69) is 20.8 Å². The lowest BCUT2D eigenvalue weighted by Gasteiger charge is -2.11. The van der Waals surface area contributed by atoms with E-state index in [0.717, 1.165) is 29.2 Å². The fourth-order valence-electron chi connectivity index (χ4n) is 2.21. The van der Waals surface area contributed by atoms with Crippen molar-refractivity contribution >= 4 is 34.4 Å². The van der Waals surface area contributed by atoms with Gasteiger partial charge in [-0.05, 0) is 43.5 Å². The second kappa shape index (κ2) is 8.09. The molecule has 2 amide bonds. The summed E-state index contributed by atoms with van der Waals surface area (Å²) in [4.78, 5) is 24.1. The Balaban J connectivity index is 1.48. The predicted molar refractivity (Wildman–Crippen MR) is 100 cm³/mol. The summed E-state index contributed by atoms with van der Waals surface area (Å²) in [6, 6.07) is 6.62. The van der Waals surface area contributed by atoms with Gasteiger partial charge >= 0.3 is 0 Å². The summed E-state index contributed by atoms with van der Waals surface area (Å²) in [5.41, 5.74) is 0.861. The lowest BCUT2D eigenvalue weighted by molar-refractivity contribution is -0.123. The molecule has 1 saturated carbocycles. The predicted octanol–water partition coefficient (Wildman–Crippen LogP) is 2.58. The van der Waals surface area contributed by atoms with Gasteiger partial charge in [-0.1, -0.05) is 23.5 Å². The number of amides is 2. The Hall–Kier alpha value is -2.74. The van der Waals surface area contributed by atoms with Gasteiger partial charge < -0.3 is 10.1 Å². The standard InChI is InChI=1S/C18H20N4O3S/c1-11(16(24)20-18-22-21-17(26-18)13-6-7-13)19-15(23)10-5-12-3-8-14(25-2)9-4-12/h3-5,8-11,13H,6-7H2,1-2H3,(H,19,23)(H,20,22,24)/b10-5+. The third-order valence-corrected chi connectivity index (χ3v) is 4.89. The van der Waals surface area contributed by atoms with Crippen molar-refractivity contribution in [2.75, 3.05) is 12.4 Å². The van der Waals surface area contributed by atoms with Gasteiger partial charge in [-0.25, -0.2) is 0 Å². The first-order valence-corrected chi connectivity index (χ1v) is 9.13. The topological polar surface area (TPSA) is 93.2 Å². The fraction of sp³-hybridized carbons (Fsp3) is 0.333. The molecule has 0 aliphatic heterocycles. The summed E-state index contributed by atoms with van der Waals surface area (Å²) in [6.07, 6.45) is 5.33. The Morgan fingerprint density at radius 2 is 2.00 bits per heavy atom. The van der Waals surface area contributed by atoms with E-state index in [1.807, 2.05) is 24.3 Å². The average molecular weight is 372 g/mol. The number of hydrogen-bond donors (Lipinski definition) is 2. The van der Waals surface area contributed by atoms with Crippen LogP contribution in [0, 0.1) is 0 Å². The highest BCUT2D eigenvalue weighted by Crippen LogP contribution is 2.42. The number of methoxy groups -OCH3 is 1. The van der Waals surface area contributed by atoms with Gasteiger partial charge in [0.15, 0.2) is 0 Å². The molecule has 1 aromatic heterocycles. The molecule has 1 fully saturated rings. The quantitative estimate of drug-likeness (QED) is 0.729. The smallest absolute Gasteiger partial charge is 0.248 e. The first kappa shape index (κ1) is 18.1. The first-order chi connectivity index (χ1) is 12.5. The van der Waals surface area contributed by atoms with Crippen molar-refractivity contribution in [1.29, 1.82) is 0 Å². The number of ether oxygens (including phenoxy) is 1. The van der Waals surface area contributed by atoms with Crippen molar-refractivity contribution in [3.05, 3.63) is 40.9 Å². The Morgan fingerprint density at radius 3 is 2.65 bits per heavy atom. The van der Waals surface area contributed by atoms with E-state index in [9.17, 15) is 9.59 Å². The molecule has 1 heterocycles. The van der Waals surface area contributed by atoms with E-state index in [4.69, 9.17) is 4.74 Å². The monoisotopic (exact) mass is 372 g/mol. The first-order valence-electron chi connectivity index (χ1n) is 8.32. The van der Waals surface area contributed by atoms with Gasteiger partial charge in [-0.2, -0.15) is 0 Å². The Labute approximate surface area is 155 Å². The molecule has 0 bridgehead atoms. The van der Waals surface area contributed by atoms with E-state index in [-0.39, 0.29) is 11.8 Å². The van der Waals surface area contributed by atoms with E-state index in [0.29, 0.717) is 11.0 Å². The van der Waals surface area contributed by atoms with Gasteiger partial charge in [0.1, 0.15) is 16.8 Å². The highest BCUT2D eigenvalue weighted by Gasteiger charge is 2.28. The van der Waals surface area contributed by atoms with Crippen molar-refractivity contribution in [1.82, 2.24) is 15.5 Å². The molecule has 26 heavy (non-hydrogen) atoms. The Morgan fingerprint density at radius 1 is 1.27 bits per heavy atom. The maximum atomic E-state index is 12.2. The molecule has 1 atom stereocenters. The number of aromatic nitrogens is 2. The Bertz CT molecular complexity index is 812. The molecule has 0 radical (unpaired) electrons. The van der Waals surface area contributed by atoms with Crippen molar-refractivity contribution in [2.45, 2.75) is 31.7 Å². The zero-order valence-corrected chi connectivity index (χ0v) is 15.4. The van der Waals surface area contributed by atoms with Crippen LogP contribution < -0.4 is 15.4 Å². The third-order valence-electron chi connectivity index (χ3n) is 3.89. The second-order valence-corrected chi connectivity index (χ2v) is 7.05. The van der Waals surface area contributed by atoms with Crippen LogP contribution in [0.5, 0.6) is 5.75 Å². The average Bonchev–Trinajstić information content (AvgIpc) is 3.40. The minimum Gasteiger partial charge on any atom is -0.497 e. The fourth-order valence-corrected chi connectivity index (χ4v) is 3.12.